The normalized spacial score (nSPS) is 10.6. The fourth-order valence-electron chi connectivity index (χ4n) is 2.67. The minimum absolute atomic E-state index is 0.205. The molecule has 9 heteroatoms. The number of ether oxygens (including phenoxy) is 1. The summed E-state index contributed by atoms with van der Waals surface area (Å²) in [6.45, 7) is 0. The van der Waals surface area contributed by atoms with Gasteiger partial charge in [0.25, 0.3) is 5.91 Å². The van der Waals surface area contributed by atoms with Crippen molar-refractivity contribution in [3.05, 3.63) is 82.3 Å². The molecule has 0 unspecified atom stereocenters. The van der Waals surface area contributed by atoms with Crippen LogP contribution in [0.4, 0.5) is 15.6 Å². The number of carbonyl (C=O) groups is 2. The highest BCUT2D eigenvalue weighted by Crippen LogP contribution is 2.30. The van der Waals surface area contributed by atoms with E-state index < -0.39 is 12.0 Å². The van der Waals surface area contributed by atoms with Crippen molar-refractivity contribution in [2.75, 3.05) is 10.6 Å². The molecule has 4 aromatic rings. The van der Waals surface area contributed by atoms with Crippen LogP contribution < -0.4 is 15.4 Å². The van der Waals surface area contributed by atoms with Crippen LogP contribution in [0.5, 0.6) is 5.75 Å². The largest absolute Gasteiger partial charge is 0.418 e. The highest BCUT2D eigenvalue weighted by atomic mass is 35.5. The summed E-state index contributed by atoms with van der Waals surface area (Å²) in [7, 11) is 0. The summed E-state index contributed by atoms with van der Waals surface area (Å²) in [6.07, 6.45) is -0.637. The number of nitrogens with zero attached hydrogens (tertiary/aromatic N) is 1. The summed E-state index contributed by atoms with van der Waals surface area (Å²) >= 11 is 13.4. The van der Waals surface area contributed by atoms with E-state index in [0.717, 1.165) is 4.70 Å². The molecular weight excluding hydrogens is 445 g/mol. The Morgan fingerprint density at radius 1 is 0.900 bits per heavy atom. The Balaban J connectivity index is 1.48. The van der Waals surface area contributed by atoms with Crippen LogP contribution in [0.3, 0.4) is 0 Å². The minimum atomic E-state index is -0.637. The van der Waals surface area contributed by atoms with Gasteiger partial charge in [0.05, 0.1) is 25.8 Å². The second-order valence-electron chi connectivity index (χ2n) is 6.08. The third-order valence-corrected chi connectivity index (χ3v) is 5.56. The molecule has 30 heavy (non-hydrogen) atoms. The maximum Gasteiger partial charge on any atom is 0.418 e. The molecule has 0 saturated heterocycles. The van der Waals surface area contributed by atoms with E-state index in [-0.39, 0.29) is 15.6 Å². The number of nitrogens with one attached hydrogen (secondary N) is 2. The molecule has 0 spiro atoms. The summed E-state index contributed by atoms with van der Waals surface area (Å²) in [4.78, 5) is 28.9. The van der Waals surface area contributed by atoms with Gasteiger partial charge in [-0.3, -0.25) is 10.1 Å². The van der Waals surface area contributed by atoms with Crippen molar-refractivity contribution in [2.24, 2.45) is 0 Å². The van der Waals surface area contributed by atoms with Crippen LogP contribution in [-0.2, 0) is 0 Å². The van der Waals surface area contributed by atoms with Crippen molar-refractivity contribution in [1.82, 2.24) is 4.98 Å². The first kappa shape index (κ1) is 20.2. The van der Waals surface area contributed by atoms with Gasteiger partial charge in [-0.2, -0.15) is 0 Å². The molecular formula is C21H13Cl2N3O3S. The average molecular weight is 458 g/mol. The standard InChI is InChI=1S/C21H13Cl2N3O3S/c22-14-7-4-8-15(23)18(14)19(27)24-12-9-10-16-17(11-12)30-20(25-16)26-21(28)29-13-5-2-1-3-6-13/h1-11H,(H,24,27)(H,25,26,28). The Kier molecular flexibility index (Phi) is 5.85. The van der Waals surface area contributed by atoms with Crippen molar-refractivity contribution in [3.63, 3.8) is 0 Å². The van der Waals surface area contributed by atoms with Crippen molar-refractivity contribution in [1.29, 1.82) is 0 Å². The van der Waals surface area contributed by atoms with Gasteiger partial charge in [0.15, 0.2) is 5.13 Å². The SMILES string of the molecule is O=C(Nc1nc2ccc(NC(=O)c3c(Cl)cccc3Cl)cc2s1)Oc1ccccc1. The number of para-hydroxylation sites is 1. The minimum Gasteiger partial charge on any atom is -0.410 e. The summed E-state index contributed by atoms with van der Waals surface area (Å²) in [6, 6.07) is 18.8. The quantitative estimate of drug-likeness (QED) is 0.368. The molecule has 2 amide bonds. The molecule has 1 aromatic heterocycles. The first-order valence-electron chi connectivity index (χ1n) is 8.69. The number of halogens is 2. The van der Waals surface area contributed by atoms with Gasteiger partial charge < -0.3 is 10.1 Å². The van der Waals surface area contributed by atoms with Crippen molar-refractivity contribution in [3.8, 4) is 5.75 Å². The zero-order chi connectivity index (χ0) is 21.1. The lowest BCUT2D eigenvalue weighted by Gasteiger charge is -2.08. The molecule has 2 N–H and O–H groups in total. The third-order valence-electron chi connectivity index (χ3n) is 4.00. The van der Waals surface area contributed by atoms with Crippen molar-refractivity contribution >= 4 is 67.6 Å². The second kappa shape index (κ2) is 8.71. The number of amides is 2. The van der Waals surface area contributed by atoms with Crippen LogP contribution in [0, 0.1) is 0 Å². The Morgan fingerprint density at radius 2 is 1.63 bits per heavy atom. The van der Waals surface area contributed by atoms with E-state index in [1.807, 2.05) is 6.07 Å². The predicted molar refractivity (Wildman–Crippen MR) is 120 cm³/mol. The summed E-state index contributed by atoms with van der Waals surface area (Å²) in [5.41, 5.74) is 1.42. The molecule has 3 aromatic carbocycles. The second-order valence-corrected chi connectivity index (χ2v) is 7.92. The number of hydrogen-bond acceptors (Lipinski definition) is 5. The predicted octanol–water partition coefficient (Wildman–Crippen LogP) is 6.47. The molecule has 0 radical (unpaired) electrons. The average Bonchev–Trinajstić information content (AvgIpc) is 3.09. The first-order valence-corrected chi connectivity index (χ1v) is 10.3. The van der Waals surface area contributed by atoms with Crippen LogP contribution in [0.25, 0.3) is 10.2 Å². The highest BCUT2D eigenvalue weighted by molar-refractivity contribution is 7.22. The van der Waals surface area contributed by atoms with E-state index in [1.165, 1.54) is 11.3 Å². The van der Waals surface area contributed by atoms with Crippen LogP contribution in [0.1, 0.15) is 10.4 Å². The zero-order valence-electron chi connectivity index (χ0n) is 15.2. The van der Waals surface area contributed by atoms with E-state index in [9.17, 15) is 9.59 Å². The monoisotopic (exact) mass is 457 g/mol. The number of benzene rings is 3. The number of rotatable bonds is 4. The Morgan fingerprint density at radius 3 is 2.37 bits per heavy atom. The summed E-state index contributed by atoms with van der Waals surface area (Å²) in [5, 5.41) is 6.29. The lowest BCUT2D eigenvalue weighted by atomic mass is 10.2. The van der Waals surface area contributed by atoms with Gasteiger partial charge >= 0.3 is 6.09 Å². The van der Waals surface area contributed by atoms with Crippen LogP contribution in [0.15, 0.2) is 66.7 Å². The summed E-state index contributed by atoms with van der Waals surface area (Å²) in [5.74, 6) is 0.0126. The lowest BCUT2D eigenvalue weighted by molar-refractivity contribution is 0.102. The molecule has 0 bridgehead atoms. The van der Waals surface area contributed by atoms with Gasteiger partial charge in [0, 0.05) is 5.69 Å². The number of hydrogen-bond donors (Lipinski definition) is 2. The molecule has 6 nitrogen and oxygen atoms in total. The van der Waals surface area contributed by atoms with Gasteiger partial charge in [-0.1, -0.05) is 58.8 Å². The number of thiazole rings is 1. The van der Waals surface area contributed by atoms with E-state index in [0.29, 0.717) is 22.1 Å². The topological polar surface area (TPSA) is 80.3 Å². The van der Waals surface area contributed by atoms with Crippen molar-refractivity contribution < 1.29 is 14.3 Å². The maximum absolute atomic E-state index is 12.6. The number of aromatic nitrogens is 1. The molecule has 150 valence electrons. The smallest absolute Gasteiger partial charge is 0.410 e. The Hall–Kier alpha value is -3.13. The van der Waals surface area contributed by atoms with Crippen LogP contribution in [-0.4, -0.2) is 17.0 Å². The van der Waals surface area contributed by atoms with E-state index in [2.05, 4.69) is 15.6 Å². The van der Waals surface area contributed by atoms with E-state index in [4.69, 9.17) is 27.9 Å². The van der Waals surface area contributed by atoms with Crippen LogP contribution >= 0.6 is 34.5 Å². The molecule has 0 atom stereocenters. The van der Waals surface area contributed by atoms with E-state index in [1.54, 1.807) is 60.7 Å². The molecule has 0 fully saturated rings. The molecule has 4 rings (SSSR count). The van der Waals surface area contributed by atoms with E-state index >= 15 is 0 Å². The molecule has 1 heterocycles. The first-order chi connectivity index (χ1) is 14.5. The third kappa shape index (κ3) is 4.54. The maximum atomic E-state index is 12.6. The van der Waals surface area contributed by atoms with Crippen molar-refractivity contribution in [2.45, 2.75) is 0 Å². The van der Waals surface area contributed by atoms with Gasteiger partial charge in [0.1, 0.15) is 5.75 Å². The van der Waals surface area contributed by atoms with Gasteiger partial charge in [0.2, 0.25) is 0 Å². The number of fused-ring (bicyclic) bond motifs is 1. The zero-order valence-corrected chi connectivity index (χ0v) is 17.5. The number of anilines is 2. The highest BCUT2D eigenvalue weighted by Gasteiger charge is 2.15. The molecule has 0 aliphatic heterocycles. The lowest BCUT2D eigenvalue weighted by Crippen LogP contribution is -2.16. The van der Waals surface area contributed by atoms with Crippen LogP contribution in [0.2, 0.25) is 10.0 Å². The van der Waals surface area contributed by atoms with Gasteiger partial charge in [-0.25, -0.2) is 9.78 Å². The molecule has 0 saturated carbocycles. The fraction of sp³-hybridized carbons (Fsp3) is 0. The van der Waals surface area contributed by atoms with Gasteiger partial charge in [-0.05, 0) is 42.5 Å². The number of carbonyl (C=O) groups excluding carboxylic acids is 2. The fourth-order valence-corrected chi connectivity index (χ4v) is 4.13. The Bertz CT molecular complexity index is 1220. The summed E-state index contributed by atoms with van der Waals surface area (Å²) < 4.78 is 5.97. The molecule has 0 aliphatic rings. The Labute approximate surface area is 185 Å². The molecule has 0 aliphatic carbocycles. The van der Waals surface area contributed by atoms with Gasteiger partial charge in [-0.15, -0.1) is 0 Å².